The van der Waals surface area contributed by atoms with E-state index >= 15 is 0 Å². The highest BCUT2D eigenvalue weighted by Gasteiger charge is 2.54. The van der Waals surface area contributed by atoms with Gasteiger partial charge in [-0.05, 0) is 46.2 Å². The molecule has 1 aromatic carbocycles. The van der Waals surface area contributed by atoms with Crippen molar-refractivity contribution >= 4 is 13.1 Å². The summed E-state index contributed by atoms with van der Waals surface area (Å²) in [6.07, 6.45) is 0.172. The van der Waals surface area contributed by atoms with Crippen molar-refractivity contribution in [1.82, 2.24) is 0 Å². The Balaban J connectivity index is 2.36. The fraction of sp³-hybridized carbons (Fsp3) is 0.611. The topological polar surface area (TPSA) is 54.0 Å². The molecule has 0 bridgehead atoms. The molecule has 0 radical (unpaired) electrons. The molecule has 0 aliphatic carbocycles. The Labute approximate surface area is 144 Å². The summed E-state index contributed by atoms with van der Waals surface area (Å²) in [6.45, 7) is 10.1. The van der Waals surface area contributed by atoms with Crippen LogP contribution in [0.1, 0.15) is 52.4 Å². The van der Waals surface area contributed by atoms with Crippen molar-refractivity contribution in [3.05, 3.63) is 29.8 Å². The standard InChI is InChI=1S/C18H27BO5/c1-7-22-16(20)12-14(13-10-8-9-11-15(13)21-6)19-23-17(2,3)18(4,5)24-19/h8-11,14H,7,12H2,1-6H3/t14-/m0/s1. The molecular formula is C18H27BO5. The number of carbonyl (C=O) groups excluding carboxylic acids is 1. The summed E-state index contributed by atoms with van der Waals surface area (Å²) in [5, 5.41) is 0. The molecule has 132 valence electrons. The van der Waals surface area contributed by atoms with Crippen LogP contribution in [0.5, 0.6) is 5.75 Å². The maximum absolute atomic E-state index is 12.1. The van der Waals surface area contributed by atoms with E-state index < -0.39 is 18.3 Å². The van der Waals surface area contributed by atoms with E-state index in [9.17, 15) is 4.79 Å². The lowest BCUT2D eigenvalue weighted by Crippen LogP contribution is -2.41. The summed E-state index contributed by atoms with van der Waals surface area (Å²) in [7, 11) is 1.07. The second kappa shape index (κ2) is 7.15. The lowest BCUT2D eigenvalue weighted by atomic mass is 9.66. The van der Waals surface area contributed by atoms with Crippen molar-refractivity contribution in [2.45, 2.75) is 58.1 Å². The van der Waals surface area contributed by atoms with Gasteiger partial charge < -0.3 is 18.8 Å². The van der Waals surface area contributed by atoms with Gasteiger partial charge in [-0.2, -0.15) is 0 Å². The van der Waals surface area contributed by atoms with E-state index in [4.69, 9.17) is 18.8 Å². The van der Waals surface area contributed by atoms with E-state index in [2.05, 4.69) is 0 Å². The Morgan fingerprint density at radius 3 is 2.29 bits per heavy atom. The molecule has 0 saturated carbocycles. The first-order valence-electron chi connectivity index (χ1n) is 8.36. The first-order chi connectivity index (χ1) is 11.2. The van der Waals surface area contributed by atoms with Crippen molar-refractivity contribution in [2.24, 2.45) is 0 Å². The molecule has 6 heteroatoms. The fourth-order valence-electron chi connectivity index (χ4n) is 2.78. The maximum Gasteiger partial charge on any atom is 0.466 e. The highest BCUT2D eigenvalue weighted by molar-refractivity contribution is 6.48. The molecule has 1 saturated heterocycles. The van der Waals surface area contributed by atoms with Crippen LogP contribution in [0.4, 0.5) is 0 Å². The second-order valence-corrected chi connectivity index (χ2v) is 6.98. The van der Waals surface area contributed by atoms with E-state index in [0.717, 1.165) is 5.56 Å². The van der Waals surface area contributed by atoms with Crippen LogP contribution >= 0.6 is 0 Å². The van der Waals surface area contributed by atoms with E-state index in [0.29, 0.717) is 12.4 Å². The lowest BCUT2D eigenvalue weighted by Gasteiger charge is -2.32. The van der Waals surface area contributed by atoms with Gasteiger partial charge >= 0.3 is 13.1 Å². The zero-order valence-corrected chi connectivity index (χ0v) is 15.4. The SMILES string of the molecule is CCOC(=O)C[C@H](B1OC(C)(C)C(C)(C)O1)c1ccccc1OC. The summed E-state index contributed by atoms with van der Waals surface area (Å²) in [5.74, 6) is 0.130. The normalized spacial score (nSPS) is 19.8. The molecular weight excluding hydrogens is 307 g/mol. The molecule has 1 heterocycles. The average Bonchev–Trinajstić information content (AvgIpc) is 2.73. The predicted octanol–water partition coefficient (Wildman–Crippen LogP) is 3.36. The smallest absolute Gasteiger partial charge is 0.466 e. The number of para-hydroxylation sites is 1. The van der Waals surface area contributed by atoms with Gasteiger partial charge in [0, 0.05) is 5.82 Å². The van der Waals surface area contributed by atoms with Crippen LogP contribution in [0.2, 0.25) is 0 Å². The van der Waals surface area contributed by atoms with E-state index in [-0.39, 0.29) is 18.2 Å². The number of rotatable bonds is 6. The maximum atomic E-state index is 12.1. The Hall–Kier alpha value is -1.53. The van der Waals surface area contributed by atoms with Crippen molar-refractivity contribution in [3.8, 4) is 5.75 Å². The van der Waals surface area contributed by atoms with Crippen molar-refractivity contribution < 1.29 is 23.6 Å². The molecule has 0 amide bonds. The number of esters is 1. The Kier molecular flexibility index (Phi) is 5.61. The first kappa shape index (κ1) is 18.8. The van der Waals surface area contributed by atoms with E-state index in [1.165, 1.54) is 0 Å². The quantitative estimate of drug-likeness (QED) is 0.590. The molecule has 1 fully saturated rings. The monoisotopic (exact) mass is 334 g/mol. The highest BCUT2D eigenvalue weighted by atomic mass is 16.7. The molecule has 0 aromatic heterocycles. The Morgan fingerprint density at radius 1 is 1.17 bits per heavy atom. The fourth-order valence-corrected chi connectivity index (χ4v) is 2.78. The molecule has 1 aliphatic rings. The number of methoxy groups -OCH3 is 1. The van der Waals surface area contributed by atoms with Gasteiger partial charge in [0.1, 0.15) is 5.75 Å². The summed E-state index contributed by atoms with van der Waals surface area (Å²) in [4.78, 5) is 12.1. The molecule has 1 aliphatic heterocycles. The zero-order chi connectivity index (χ0) is 18.0. The van der Waals surface area contributed by atoms with Crippen LogP contribution in [-0.4, -0.2) is 38.0 Å². The molecule has 1 aromatic rings. The molecule has 1 atom stereocenters. The van der Waals surface area contributed by atoms with Crippen LogP contribution in [0, 0.1) is 0 Å². The molecule has 24 heavy (non-hydrogen) atoms. The molecule has 0 spiro atoms. The minimum atomic E-state index is -0.546. The number of carbonyl (C=O) groups is 1. The van der Waals surface area contributed by atoms with Crippen molar-refractivity contribution in [1.29, 1.82) is 0 Å². The summed E-state index contributed by atoms with van der Waals surface area (Å²) in [5.41, 5.74) is -0.0503. The van der Waals surface area contributed by atoms with Crippen molar-refractivity contribution in [2.75, 3.05) is 13.7 Å². The highest BCUT2D eigenvalue weighted by Crippen LogP contribution is 2.43. The number of hydrogen-bond acceptors (Lipinski definition) is 5. The largest absolute Gasteiger partial charge is 0.496 e. The van der Waals surface area contributed by atoms with E-state index in [1.807, 2.05) is 52.0 Å². The third kappa shape index (κ3) is 3.76. The number of benzene rings is 1. The van der Waals surface area contributed by atoms with E-state index in [1.54, 1.807) is 14.0 Å². The average molecular weight is 334 g/mol. The molecule has 0 N–H and O–H groups in total. The second-order valence-electron chi connectivity index (χ2n) is 6.98. The van der Waals surface area contributed by atoms with Crippen LogP contribution in [0.25, 0.3) is 0 Å². The third-order valence-corrected chi connectivity index (χ3v) is 4.83. The predicted molar refractivity (Wildman–Crippen MR) is 93.1 cm³/mol. The van der Waals surface area contributed by atoms with Gasteiger partial charge in [0.25, 0.3) is 0 Å². The van der Waals surface area contributed by atoms with Gasteiger partial charge in [-0.15, -0.1) is 0 Å². The summed E-state index contributed by atoms with van der Waals surface area (Å²) in [6, 6.07) is 7.63. The van der Waals surface area contributed by atoms with Crippen LogP contribution in [0.3, 0.4) is 0 Å². The molecule has 2 rings (SSSR count). The number of hydrogen-bond donors (Lipinski definition) is 0. The molecule has 5 nitrogen and oxygen atoms in total. The van der Waals surface area contributed by atoms with Gasteiger partial charge in [-0.1, -0.05) is 18.2 Å². The molecule has 0 unspecified atom stereocenters. The van der Waals surface area contributed by atoms with Crippen LogP contribution in [-0.2, 0) is 18.8 Å². The van der Waals surface area contributed by atoms with Gasteiger partial charge in [-0.3, -0.25) is 4.79 Å². The Bertz CT molecular complexity index is 569. The summed E-state index contributed by atoms with van der Waals surface area (Å²) < 4.78 is 23.0. The minimum absolute atomic E-state index is 0.172. The minimum Gasteiger partial charge on any atom is -0.496 e. The van der Waals surface area contributed by atoms with Gasteiger partial charge in [0.2, 0.25) is 0 Å². The summed E-state index contributed by atoms with van der Waals surface area (Å²) >= 11 is 0. The first-order valence-corrected chi connectivity index (χ1v) is 8.36. The zero-order valence-electron chi connectivity index (χ0n) is 15.4. The van der Waals surface area contributed by atoms with Gasteiger partial charge in [-0.25, -0.2) is 0 Å². The van der Waals surface area contributed by atoms with Crippen molar-refractivity contribution in [3.63, 3.8) is 0 Å². The number of ether oxygens (including phenoxy) is 2. The van der Waals surface area contributed by atoms with Crippen LogP contribution in [0.15, 0.2) is 24.3 Å². The van der Waals surface area contributed by atoms with Crippen LogP contribution < -0.4 is 4.74 Å². The van der Waals surface area contributed by atoms with Gasteiger partial charge in [0.15, 0.2) is 0 Å². The third-order valence-electron chi connectivity index (χ3n) is 4.83. The van der Waals surface area contributed by atoms with Gasteiger partial charge in [0.05, 0.1) is 31.3 Å². The lowest BCUT2D eigenvalue weighted by molar-refractivity contribution is -0.143. The Morgan fingerprint density at radius 2 is 1.75 bits per heavy atom.